The van der Waals surface area contributed by atoms with Crippen molar-refractivity contribution >= 4 is 5.91 Å². The molecular weight excluding hydrogens is 266 g/mol. The van der Waals surface area contributed by atoms with E-state index in [2.05, 4.69) is 15.5 Å². The Labute approximate surface area is 127 Å². The minimum atomic E-state index is -0.194. The van der Waals surface area contributed by atoms with Gasteiger partial charge in [0, 0.05) is 24.1 Å². The number of carbonyl (C=O) groups excluding carboxylic acids is 1. The number of hydrogen-bond donors (Lipinski definition) is 3. The van der Waals surface area contributed by atoms with Crippen molar-refractivity contribution in [3.8, 4) is 0 Å². The van der Waals surface area contributed by atoms with Crippen LogP contribution in [-0.2, 0) is 4.79 Å². The van der Waals surface area contributed by atoms with Crippen LogP contribution in [0.25, 0.3) is 0 Å². The first kappa shape index (κ1) is 17.7. The van der Waals surface area contributed by atoms with Crippen LogP contribution in [-0.4, -0.2) is 34.4 Å². The third-order valence-electron chi connectivity index (χ3n) is 4.67. The number of aromatic nitrogens is 2. The van der Waals surface area contributed by atoms with Crippen molar-refractivity contribution in [3.05, 3.63) is 17.0 Å². The molecule has 1 aromatic heterocycles. The Morgan fingerprint density at radius 1 is 1.38 bits per heavy atom. The van der Waals surface area contributed by atoms with Gasteiger partial charge in [0.1, 0.15) is 0 Å². The summed E-state index contributed by atoms with van der Waals surface area (Å²) in [4.78, 5) is 12.1. The number of nitrogens with zero attached hydrogens (tertiary/aromatic N) is 1. The second-order valence-corrected chi connectivity index (χ2v) is 6.09. The van der Waals surface area contributed by atoms with E-state index in [0.29, 0.717) is 13.0 Å². The van der Waals surface area contributed by atoms with Gasteiger partial charge in [0.05, 0.1) is 12.3 Å². The summed E-state index contributed by atoms with van der Waals surface area (Å²) >= 11 is 0. The lowest BCUT2D eigenvalue weighted by molar-refractivity contribution is -0.122. The van der Waals surface area contributed by atoms with E-state index >= 15 is 0 Å². The van der Waals surface area contributed by atoms with Crippen LogP contribution in [0.3, 0.4) is 0 Å². The molecule has 1 amide bonds. The van der Waals surface area contributed by atoms with Crippen LogP contribution < -0.4 is 5.32 Å². The van der Waals surface area contributed by atoms with Crippen molar-refractivity contribution in [2.24, 2.45) is 5.41 Å². The summed E-state index contributed by atoms with van der Waals surface area (Å²) < 4.78 is 0. The van der Waals surface area contributed by atoms with E-state index in [1.54, 1.807) is 0 Å². The number of nitrogens with one attached hydrogen (secondary N) is 2. The summed E-state index contributed by atoms with van der Waals surface area (Å²) in [5.74, 6) is 0.165. The normalized spacial score (nSPS) is 13.2. The Balaban J connectivity index is 2.58. The van der Waals surface area contributed by atoms with E-state index in [0.717, 1.165) is 29.8 Å². The second-order valence-electron chi connectivity index (χ2n) is 6.09. The lowest BCUT2D eigenvalue weighted by atomic mass is 9.83. The van der Waals surface area contributed by atoms with Gasteiger partial charge in [0.15, 0.2) is 0 Å². The fourth-order valence-electron chi connectivity index (χ4n) is 2.80. The maximum Gasteiger partial charge on any atom is 0.220 e. The molecule has 1 heterocycles. The predicted octanol–water partition coefficient (Wildman–Crippen LogP) is 2.44. The molecule has 1 atom stereocenters. The molecule has 0 spiro atoms. The maximum atomic E-state index is 12.1. The summed E-state index contributed by atoms with van der Waals surface area (Å²) in [6.45, 7) is 10.7. The zero-order valence-electron chi connectivity index (χ0n) is 13.9. The number of carbonyl (C=O) groups is 1. The summed E-state index contributed by atoms with van der Waals surface area (Å²) in [6, 6.07) is 0. The zero-order valence-corrected chi connectivity index (χ0v) is 13.9. The molecule has 0 aliphatic rings. The van der Waals surface area contributed by atoms with Crippen LogP contribution in [0.2, 0.25) is 0 Å². The van der Waals surface area contributed by atoms with Crippen LogP contribution in [0.1, 0.15) is 62.9 Å². The van der Waals surface area contributed by atoms with Gasteiger partial charge in [-0.3, -0.25) is 9.89 Å². The molecule has 3 N–H and O–H groups in total. The van der Waals surface area contributed by atoms with Gasteiger partial charge in [-0.25, -0.2) is 0 Å². The smallest absolute Gasteiger partial charge is 0.220 e. The molecule has 0 radical (unpaired) electrons. The first-order chi connectivity index (χ1) is 9.89. The molecular formula is C16H29N3O2. The lowest BCUT2D eigenvalue weighted by Crippen LogP contribution is -2.39. The van der Waals surface area contributed by atoms with Crippen LogP contribution in [0.15, 0.2) is 0 Å². The van der Waals surface area contributed by atoms with Crippen molar-refractivity contribution in [3.63, 3.8) is 0 Å². The molecule has 21 heavy (non-hydrogen) atoms. The Hall–Kier alpha value is -1.36. The summed E-state index contributed by atoms with van der Waals surface area (Å²) in [5.41, 5.74) is 2.92. The Morgan fingerprint density at radius 3 is 2.43 bits per heavy atom. The molecule has 0 aliphatic carbocycles. The molecule has 0 fully saturated rings. The number of aliphatic hydroxyl groups excluding tert-OH is 1. The lowest BCUT2D eigenvalue weighted by Gasteiger charge is -2.29. The van der Waals surface area contributed by atoms with E-state index in [1.807, 2.05) is 34.6 Å². The fraction of sp³-hybridized carbons (Fsp3) is 0.750. The molecule has 5 nitrogen and oxygen atoms in total. The number of aromatic amines is 1. The predicted molar refractivity (Wildman–Crippen MR) is 84.2 cm³/mol. The van der Waals surface area contributed by atoms with Crippen LogP contribution in [0.4, 0.5) is 0 Å². The second kappa shape index (κ2) is 7.59. The average Bonchev–Trinajstić information content (AvgIpc) is 2.80. The highest BCUT2D eigenvalue weighted by Gasteiger charge is 2.26. The number of hydrogen-bond acceptors (Lipinski definition) is 3. The Kier molecular flexibility index (Phi) is 6.40. The van der Waals surface area contributed by atoms with Crippen LogP contribution in [0, 0.1) is 19.3 Å². The molecule has 0 saturated carbocycles. The molecule has 120 valence electrons. The molecule has 1 aromatic rings. The summed E-state index contributed by atoms with van der Waals surface area (Å²) in [5, 5.41) is 19.6. The fourth-order valence-corrected chi connectivity index (χ4v) is 2.80. The van der Waals surface area contributed by atoms with Gasteiger partial charge in [0.2, 0.25) is 5.91 Å². The van der Waals surface area contributed by atoms with Gasteiger partial charge in [0.25, 0.3) is 0 Å². The molecule has 0 aliphatic heterocycles. The molecule has 1 rings (SSSR count). The number of H-pyrrole nitrogens is 1. The van der Waals surface area contributed by atoms with Crippen molar-refractivity contribution in [1.29, 1.82) is 0 Å². The highest BCUT2D eigenvalue weighted by Crippen LogP contribution is 2.26. The third-order valence-corrected chi connectivity index (χ3v) is 4.67. The van der Waals surface area contributed by atoms with Crippen molar-refractivity contribution < 1.29 is 9.90 Å². The Morgan fingerprint density at radius 2 is 2.00 bits per heavy atom. The number of aryl methyl sites for hydroxylation is 2. The topological polar surface area (TPSA) is 78.0 Å². The molecule has 1 unspecified atom stereocenters. The number of amides is 1. The van der Waals surface area contributed by atoms with Gasteiger partial charge in [-0.1, -0.05) is 20.8 Å². The van der Waals surface area contributed by atoms with Crippen LogP contribution in [0.5, 0.6) is 0 Å². The minimum absolute atomic E-state index is 0.0298. The monoisotopic (exact) mass is 295 g/mol. The highest BCUT2D eigenvalue weighted by molar-refractivity contribution is 5.77. The van der Waals surface area contributed by atoms with E-state index < -0.39 is 0 Å². The highest BCUT2D eigenvalue weighted by atomic mass is 16.3. The first-order valence-electron chi connectivity index (χ1n) is 7.78. The van der Waals surface area contributed by atoms with E-state index in [4.69, 9.17) is 0 Å². The van der Waals surface area contributed by atoms with Gasteiger partial charge in [-0.15, -0.1) is 0 Å². The Bertz CT molecular complexity index is 436. The van der Waals surface area contributed by atoms with Crippen LogP contribution >= 0.6 is 0 Å². The summed E-state index contributed by atoms with van der Waals surface area (Å²) in [6.07, 6.45) is 2.15. The minimum Gasteiger partial charge on any atom is -0.396 e. The SMILES string of the molecule is CCC(CC)(CO)CNC(=O)CC(C)c1c(C)n[nH]c1C. The molecule has 0 bridgehead atoms. The van der Waals surface area contributed by atoms with Crippen molar-refractivity contribution in [2.75, 3.05) is 13.2 Å². The average molecular weight is 295 g/mol. The van der Waals surface area contributed by atoms with E-state index in [1.165, 1.54) is 0 Å². The van der Waals surface area contributed by atoms with Gasteiger partial charge >= 0.3 is 0 Å². The van der Waals surface area contributed by atoms with E-state index in [-0.39, 0.29) is 23.8 Å². The molecule has 5 heteroatoms. The maximum absolute atomic E-state index is 12.1. The quantitative estimate of drug-likeness (QED) is 0.689. The van der Waals surface area contributed by atoms with Gasteiger partial charge in [-0.2, -0.15) is 5.10 Å². The molecule has 0 saturated heterocycles. The summed E-state index contributed by atoms with van der Waals surface area (Å²) in [7, 11) is 0. The first-order valence-corrected chi connectivity index (χ1v) is 7.78. The standard InChI is InChI=1S/C16H29N3O2/c1-6-16(7-2,10-20)9-17-14(21)8-11(3)15-12(4)18-19-13(15)5/h11,20H,6-10H2,1-5H3,(H,17,21)(H,18,19). The molecule has 0 aromatic carbocycles. The third kappa shape index (κ3) is 4.30. The number of aliphatic hydroxyl groups is 1. The van der Waals surface area contributed by atoms with Crippen molar-refractivity contribution in [2.45, 2.75) is 59.8 Å². The van der Waals surface area contributed by atoms with Gasteiger partial charge < -0.3 is 10.4 Å². The van der Waals surface area contributed by atoms with Gasteiger partial charge in [-0.05, 0) is 38.2 Å². The van der Waals surface area contributed by atoms with E-state index in [9.17, 15) is 9.90 Å². The number of rotatable bonds is 8. The zero-order chi connectivity index (χ0) is 16.0. The van der Waals surface area contributed by atoms with Crippen molar-refractivity contribution in [1.82, 2.24) is 15.5 Å². The largest absolute Gasteiger partial charge is 0.396 e.